The molecule has 10 heteroatoms. The maximum Gasteiger partial charge on any atom is 0.340 e. The molecule has 0 radical (unpaired) electrons. The normalized spacial score (nSPS) is 10.4. The van der Waals surface area contributed by atoms with Crippen molar-refractivity contribution in [3.8, 4) is 5.69 Å². The van der Waals surface area contributed by atoms with Crippen molar-refractivity contribution in [3.05, 3.63) is 64.7 Å². The van der Waals surface area contributed by atoms with Gasteiger partial charge in [0, 0.05) is 15.7 Å². The highest BCUT2D eigenvalue weighted by Crippen LogP contribution is 2.24. The van der Waals surface area contributed by atoms with E-state index in [2.05, 4.69) is 15.4 Å². The largest absolute Gasteiger partial charge is 0.452 e. The Morgan fingerprint density at radius 3 is 2.59 bits per heavy atom. The van der Waals surface area contributed by atoms with Crippen LogP contribution >= 0.6 is 23.2 Å². The van der Waals surface area contributed by atoms with Crippen LogP contribution in [-0.4, -0.2) is 33.2 Å². The van der Waals surface area contributed by atoms with Crippen LogP contribution in [0.3, 0.4) is 0 Å². The molecule has 1 aromatic heterocycles. The molecule has 0 aliphatic rings. The lowest BCUT2D eigenvalue weighted by atomic mass is 10.2. The number of nitrogen functional groups attached to an aromatic ring is 1. The second-order valence-corrected chi connectivity index (χ2v) is 6.23. The van der Waals surface area contributed by atoms with E-state index in [1.54, 1.807) is 18.2 Å². The third-order valence-corrected chi connectivity index (χ3v) is 3.94. The van der Waals surface area contributed by atoms with Gasteiger partial charge >= 0.3 is 5.97 Å². The average molecular weight is 406 g/mol. The number of nitrogens with zero attached hydrogens (tertiary/aromatic N) is 3. The van der Waals surface area contributed by atoms with Crippen molar-refractivity contribution in [1.29, 1.82) is 0 Å². The molecule has 1 amide bonds. The van der Waals surface area contributed by atoms with Crippen molar-refractivity contribution in [2.75, 3.05) is 17.7 Å². The summed E-state index contributed by atoms with van der Waals surface area (Å²) in [5.74, 6) is -1.29. The van der Waals surface area contributed by atoms with E-state index in [1.807, 2.05) is 0 Å². The van der Waals surface area contributed by atoms with Gasteiger partial charge in [0.05, 0.1) is 16.9 Å². The van der Waals surface area contributed by atoms with E-state index < -0.39 is 18.5 Å². The second-order valence-electron chi connectivity index (χ2n) is 5.36. The summed E-state index contributed by atoms with van der Waals surface area (Å²) >= 11 is 11.8. The maximum absolute atomic E-state index is 12.2. The van der Waals surface area contributed by atoms with Gasteiger partial charge in [-0.3, -0.25) is 4.79 Å². The number of carbonyl (C=O) groups is 2. The van der Waals surface area contributed by atoms with Crippen LogP contribution in [0.2, 0.25) is 10.0 Å². The number of benzene rings is 2. The maximum atomic E-state index is 12.2. The Hall–Kier alpha value is -3.10. The number of halogens is 2. The van der Waals surface area contributed by atoms with Crippen LogP contribution in [0.15, 0.2) is 49.1 Å². The Bertz CT molecular complexity index is 992. The molecule has 0 aliphatic heterocycles. The standard InChI is InChI=1S/C17H13Cl2N5O3/c18-10-1-3-12(13(20)5-10)17(26)27-7-16(25)23-14-6-11(19)2-4-15(14)24-9-21-8-22-24/h1-6,8-9H,7,20H2,(H,23,25). The molecule has 0 atom stereocenters. The van der Waals surface area contributed by atoms with E-state index in [4.69, 9.17) is 33.7 Å². The number of ether oxygens (including phenoxy) is 1. The van der Waals surface area contributed by atoms with Crippen molar-refractivity contribution < 1.29 is 14.3 Å². The first-order valence-corrected chi connectivity index (χ1v) is 8.36. The molecule has 1 heterocycles. The monoisotopic (exact) mass is 405 g/mol. The number of nitrogens with two attached hydrogens (primary N) is 1. The van der Waals surface area contributed by atoms with E-state index in [9.17, 15) is 9.59 Å². The topological polar surface area (TPSA) is 112 Å². The number of carbonyl (C=O) groups excluding carboxylic acids is 2. The Labute approximate surface area is 163 Å². The van der Waals surface area contributed by atoms with E-state index in [0.717, 1.165) is 0 Å². The quantitative estimate of drug-likeness (QED) is 0.498. The van der Waals surface area contributed by atoms with E-state index in [-0.39, 0.29) is 11.3 Å². The minimum Gasteiger partial charge on any atom is -0.452 e. The van der Waals surface area contributed by atoms with E-state index in [0.29, 0.717) is 21.4 Å². The Kier molecular flexibility index (Phi) is 5.58. The number of aromatic nitrogens is 3. The van der Waals surface area contributed by atoms with Gasteiger partial charge in [-0.1, -0.05) is 23.2 Å². The number of nitrogens with one attached hydrogen (secondary N) is 1. The Morgan fingerprint density at radius 1 is 1.15 bits per heavy atom. The molecular weight excluding hydrogens is 393 g/mol. The predicted octanol–water partition coefficient (Wildman–Crippen LogP) is 2.95. The highest BCUT2D eigenvalue weighted by atomic mass is 35.5. The molecule has 3 N–H and O–H groups in total. The van der Waals surface area contributed by atoms with Crippen molar-refractivity contribution in [1.82, 2.24) is 14.8 Å². The number of esters is 1. The van der Waals surface area contributed by atoms with Crippen LogP contribution in [0.25, 0.3) is 5.69 Å². The third kappa shape index (κ3) is 4.55. The van der Waals surface area contributed by atoms with Gasteiger partial charge in [0.15, 0.2) is 6.61 Å². The fourth-order valence-electron chi connectivity index (χ4n) is 2.26. The molecule has 27 heavy (non-hydrogen) atoms. The summed E-state index contributed by atoms with van der Waals surface area (Å²) in [5, 5.41) is 7.45. The lowest BCUT2D eigenvalue weighted by molar-refractivity contribution is -0.119. The molecule has 2 aromatic carbocycles. The molecule has 0 saturated carbocycles. The molecule has 8 nitrogen and oxygen atoms in total. The van der Waals surface area contributed by atoms with Crippen LogP contribution in [0.1, 0.15) is 10.4 Å². The molecule has 0 spiro atoms. The number of rotatable bonds is 5. The lowest BCUT2D eigenvalue weighted by Crippen LogP contribution is -2.22. The molecular formula is C17H13Cl2N5O3. The third-order valence-electron chi connectivity index (χ3n) is 3.47. The molecule has 0 fully saturated rings. The van der Waals surface area contributed by atoms with Crippen molar-refractivity contribution in [2.24, 2.45) is 0 Å². The molecule has 0 saturated heterocycles. The molecule has 3 aromatic rings. The van der Waals surface area contributed by atoms with Crippen LogP contribution in [0.5, 0.6) is 0 Å². The van der Waals surface area contributed by atoms with Gasteiger partial charge in [0.2, 0.25) is 0 Å². The zero-order valence-electron chi connectivity index (χ0n) is 13.7. The SMILES string of the molecule is Nc1cc(Cl)ccc1C(=O)OCC(=O)Nc1cc(Cl)ccc1-n1cncn1. The summed E-state index contributed by atoms with van der Waals surface area (Å²) in [6.45, 7) is -0.510. The molecule has 0 unspecified atom stereocenters. The lowest BCUT2D eigenvalue weighted by Gasteiger charge is -2.12. The minimum atomic E-state index is -0.734. The van der Waals surface area contributed by atoms with Crippen molar-refractivity contribution in [2.45, 2.75) is 0 Å². The smallest absolute Gasteiger partial charge is 0.340 e. The fraction of sp³-hybridized carbons (Fsp3) is 0.0588. The summed E-state index contributed by atoms with van der Waals surface area (Å²) in [7, 11) is 0. The number of hydrogen-bond acceptors (Lipinski definition) is 6. The number of hydrogen-bond donors (Lipinski definition) is 2. The fourth-order valence-corrected chi connectivity index (χ4v) is 2.61. The van der Waals surface area contributed by atoms with Crippen LogP contribution in [-0.2, 0) is 9.53 Å². The van der Waals surface area contributed by atoms with Gasteiger partial charge in [-0.15, -0.1) is 0 Å². The summed E-state index contributed by atoms with van der Waals surface area (Å²) in [6, 6.07) is 9.23. The summed E-state index contributed by atoms with van der Waals surface area (Å²) in [6.07, 6.45) is 2.83. The van der Waals surface area contributed by atoms with Gasteiger partial charge in [0.25, 0.3) is 5.91 Å². The summed E-state index contributed by atoms with van der Waals surface area (Å²) in [5.41, 5.74) is 6.96. The first kappa shape index (κ1) is 18.7. The van der Waals surface area contributed by atoms with Gasteiger partial charge in [0.1, 0.15) is 12.7 Å². The molecule has 0 bridgehead atoms. The van der Waals surface area contributed by atoms with Crippen LogP contribution in [0.4, 0.5) is 11.4 Å². The highest BCUT2D eigenvalue weighted by Gasteiger charge is 2.15. The zero-order valence-corrected chi connectivity index (χ0v) is 15.2. The summed E-state index contributed by atoms with van der Waals surface area (Å²) in [4.78, 5) is 28.1. The van der Waals surface area contributed by atoms with Crippen molar-refractivity contribution >= 4 is 46.5 Å². The second kappa shape index (κ2) is 8.07. The predicted molar refractivity (Wildman–Crippen MR) is 101 cm³/mol. The zero-order chi connectivity index (χ0) is 19.4. The summed E-state index contributed by atoms with van der Waals surface area (Å²) < 4.78 is 6.47. The van der Waals surface area contributed by atoms with Gasteiger partial charge < -0.3 is 15.8 Å². The Morgan fingerprint density at radius 2 is 1.89 bits per heavy atom. The highest BCUT2D eigenvalue weighted by molar-refractivity contribution is 6.31. The van der Waals surface area contributed by atoms with E-state index in [1.165, 1.54) is 35.5 Å². The van der Waals surface area contributed by atoms with Gasteiger partial charge in [-0.05, 0) is 36.4 Å². The number of amides is 1. The molecule has 138 valence electrons. The Balaban J connectivity index is 1.68. The van der Waals surface area contributed by atoms with Crippen LogP contribution in [0, 0.1) is 0 Å². The molecule has 3 rings (SSSR count). The van der Waals surface area contributed by atoms with Crippen LogP contribution < -0.4 is 11.1 Å². The van der Waals surface area contributed by atoms with Crippen molar-refractivity contribution in [3.63, 3.8) is 0 Å². The first-order chi connectivity index (χ1) is 12.9. The van der Waals surface area contributed by atoms with Gasteiger partial charge in [-0.2, -0.15) is 5.10 Å². The first-order valence-electron chi connectivity index (χ1n) is 7.60. The van der Waals surface area contributed by atoms with E-state index >= 15 is 0 Å². The number of anilines is 2. The minimum absolute atomic E-state index is 0.123. The average Bonchev–Trinajstić information content (AvgIpc) is 3.14. The molecule has 0 aliphatic carbocycles. The van der Waals surface area contributed by atoms with Gasteiger partial charge in [-0.25, -0.2) is 14.5 Å².